The first kappa shape index (κ1) is 15.4. The molecule has 106 valence electrons. The fourth-order valence-electron chi connectivity index (χ4n) is 1.80. The zero-order valence-electron chi connectivity index (χ0n) is 11.7. The van der Waals surface area contributed by atoms with Crippen molar-refractivity contribution in [1.29, 1.82) is 5.41 Å². The van der Waals surface area contributed by atoms with Gasteiger partial charge in [0.05, 0.1) is 19.3 Å². The highest BCUT2D eigenvalue weighted by molar-refractivity contribution is 5.94. The van der Waals surface area contributed by atoms with Crippen LogP contribution in [0.5, 0.6) is 0 Å². The summed E-state index contributed by atoms with van der Waals surface area (Å²) in [5.74, 6) is 0.846. The number of nitrogens with zero attached hydrogens (tertiary/aromatic N) is 2. The van der Waals surface area contributed by atoms with E-state index in [1.807, 2.05) is 6.07 Å². The van der Waals surface area contributed by atoms with Crippen molar-refractivity contribution in [1.82, 2.24) is 4.98 Å². The molecule has 1 aromatic heterocycles. The van der Waals surface area contributed by atoms with E-state index in [4.69, 9.17) is 20.6 Å². The zero-order valence-corrected chi connectivity index (χ0v) is 11.7. The first-order valence-electron chi connectivity index (χ1n) is 6.15. The Morgan fingerprint density at radius 1 is 1.42 bits per heavy atom. The summed E-state index contributed by atoms with van der Waals surface area (Å²) in [5.41, 5.74) is 6.04. The topological polar surface area (TPSA) is 84.5 Å². The molecule has 0 radical (unpaired) electrons. The van der Waals surface area contributed by atoms with Gasteiger partial charge in [0.1, 0.15) is 11.7 Å². The molecule has 0 aliphatic heterocycles. The third kappa shape index (κ3) is 4.50. The second kappa shape index (κ2) is 7.70. The molecule has 6 nitrogen and oxygen atoms in total. The van der Waals surface area contributed by atoms with Crippen LogP contribution in [0.4, 0.5) is 5.82 Å². The Morgan fingerprint density at radius 3 is 2.63 bits per heavy atom. The Labute approximate surface area is 114 Å². The lowest BCUT2D eigenvalue weighted by atomic mass is 10.2. The molecule has 1 aromatic rings. The van der Waals surface area contributed by atoms with E-state index in [1.54, 1.807) is 26.5 Å². The molecule has 1 rings (SSSR count). The summed E-state index contributed by atoms with van der Waals surface area (Å²) in [4.78, 5) is 6.46. The van der Waals surface area contributed by atoms with Gasteiger partial charge in [-0.2, -0.15) is 0 Å². The Morgan fingerprint density at radius 2 is 2.16 bits per heavy atom. The molecule has 0 amide bonds. The summed E-state index contributed by atoms with van der Waals surface area (Å²) >= 11 is 0. The van der Waals surface area contributed by atoms with Gasteiger partial charge in [0.15, 0.2) is 0 Å². The van der Waals surface area contributed by atoms with Crippen molar-refractivity contribution in [2.45, 2.75) is 13.0 Å². The minimum absolute atomic E-state index is 0.0208. The molecule has 0 bridgehead atoms. The Balaban J connectivity index is 2.86. The Bertz CT molecular complexity index is 394. The van der Waals surface area contributed by atoms with E-state index < -0.39 is 0 Å². The third-order valence-electron chi connectivity index (χ3n) is 2.83. The van der Waals surface area contributed by atoms with Crippen LogP contribution in [0.1, 0.15) is 12.5 Å². The highest BCUT2D eigenvalue weighted by Crippen LogP contribution is 2.14. The van der Waals surface area contributed by atoms with E-state index in [0.29, 0.717) is 18.8 Å². The van der Waals surface area contributed by atoms with E-state index in [1.165, 1.54) is 0 Å². The molecule has 19 heavy (non-hydrogen) atoms. The van der Waals surface area contributed by atoms with Crippen molar-refractivity contribution in [2.75, 3.05) is 38.9 Å². The zero-order chi connectivity index (χ0) is 14.3. The monoisotopic (exact) mass is 266 g/mol. The van der Waals surface area contributed by atoms with E-state index in [9.17, 15) is 0 Å². The third-order valence-corrected chi connectivity index (χ3v) is 2.83. The summed E-state index contributed by atoms with van der Waals surface area (Å²) in [7, 11) is 3.35. The van der Waals surface area contributed by atoms with Crippen LogP contribution in [0.3, 0.4) is 0 Å². The Hall–Kier alpha value is -1.66. The number of anilines is 1. The SMILES string of the molecule is COCCN(c1ccc(C(=N)N)cn1)C(C)COC. The predicted octanol–water partition coefficient (Wildman–Crippen LogP) is 0.853. The van der Waals surface area contributed by atoms with Gasteiger partial charge in [0, 0.05) is 32.5 Å². The largest absolute Gasteiger partial charge is 0.384 e. The number of ether oxygens (including phenoxy) is 2. The van der Waals surface area contributed by atoms with E-state index in [0.717, 1.165) is 12.4 Å². The number of hydrogen-bond acceptors (Lipinski definition) is 5. The maximum atomic E-state index is 7.36. The number of nitrogens with two attached hydrogens (primary N) is 1. The molecule has 0 aliphatic rings. The van der Waals surface area contributed by atoms with Gasteiger partial charge in [-0.25, -0.2) is 4.98 Å². The molecular formula is C13H22N4O2. The number of rotatable bonds is 8. The molecule has 0 saturated carbocycles. The summed E-state index contributed by atoms with van der Waals surface area (Å²) in [6, 6.07) is 3.85. The lowest BCUT2D eigenvalue weighted by Gasteiger charge is -2.29. The van der Waals surface area contributed by atoms with Crippen molar-refractivity contribution in [3.8, 4) is 0 Å². The van der Waals surface area contributed by atoms with Crippen molar-refractivity contribution in [3.05, 3.63) is 23.9 Å². The van der Waals surface area contributed by atoms with Crippen LogP contribution in [-0.2, 0) is 9.47 Å². The van der Waals surface area contributed by atoms with Crippen LogP contribution in [0.15, 0.2) is 18.3 Å². The Kier molecular flexibility index (Phi) is 6.24. The molecule has 1 heterocycles. The summed E-state index contributed by atoms with van der Waals surface area (Å²) in [6.45, 7) is 4.03. The molecular weight excluding hydrogens is 244 g/mol. The van der Waals surface area contributed by atoms with Gasteiger partial charge < -0.3 is 20.1 Å². The van der Waals surface area contributed by atoms with E-state index in [2.05, 4.69) is 16.8 Å². The quantitative estimate of drug-likeness (QED) is 0.538. The molecule has 0 saturated heterocycles. The van der Waals surface area contributed by atoms with Crippen LogP contribution >= 0.6 is 0 Å². The average Bonchev–Trinajstić information content (AvgIpc) is 2.40. The lowest BCUT2D eigenvalue weighted by molar-refractivity contribution is 0.170. The van der Waals surface area contributed by atoms with Crippen LogP contribution in [0, 0.1) is 5.41 Å². The molecule has 0 spiro atoms. The first-order valence-corrected chi connectivity index (χ1v) is 6.15. The smallest absolute Gasteiger partial charge is 0.128 e. The van der Waals surface area contributed by atoms with Gasteiger partial charge in [-0.15, -0.1) is 0 Å². The number of pyridine rings is 1. The number of amidine groups is 1. The van der Waals surface area contributed by atoms with E-state index in [-0.39, 0.29) is 11.9 Å². The minimum Gasteiger partial charge on any atom is -0.384 e. The van der Waals surface area contributed by atoms with Crippen LogP contribution in [0.2, 0.25) is 0 Å². The normalized spacial score (nSPS) is 12.2. The standard InChI is InChI=1S/C13H22N4O2/c1-10(9-19-3)17(6-7-18-2)12-5-4-11(8-16-12)13(14)15/h4-5,8,10H,6-7,9H2,1-3H3,(H3,14,15). The van der Waals surface area contributed by atoms with Gasteiger partial charge in [-0.1, -0.05) is 0 Å². The van der Waals surface area contributed by atoms with Gasteiger partial charge in [0.25, 0.3) is 0 Å². The molecule has 0 fully saturated rings. The second-order valence-electron chi connectivity index (χ2n) is 4.31. The molecule has 6 heteroatoms. The highest BCUT2D eigenvalue weighted by Gasteiger charge is 2.15. The predicted molar refractivity (Wildman–Crippen MR) is 75.8 cm³/mol. The maximum absolute atomic E-state index is 7.36. The maximum Gasteiger partial charge on any atom is 0.128 e. The van der Waals surface area contributed by atoms with Crippen molar-refractivity contribution >= 4 is 11.7 Å². The number of hydrogen-bond donors (Lipinski definition) is 2. The molecule has 1 unspecified atom stereocenters. The number of methoxy groups -OCH3 is 2. The van der Waals surface area contributed by atoms with Crippen LogP contribution in [-0.4, -0.2) is 50.8 Å². The van der Waals surface area contributed by atoms with Gasteiger partial charge in [-0.3, -0.25) is 5.41 Å². The number of nitrogen functional groups attached to an aromatic ring is 1. The van der Waals surface area contributed by atoms with Crippen LogP contribution < -0.4 is 10.6 Å². The van der Waals surface area contributed by atoms with Crippen LogP contribution in [0.25, 0.3) is 0 Å². The van der Waals surface area contributed by atoms with E-state index >= 15 is 0 Å². The number of nitrogens with one attached hydrogen (secondary N) is 1. The molecule has 1 atom stereocenters. The average molecular weight is 266 g/mol. The minimum atomic E-state index is 0.0208. The highest BCUT2D eigenvalue weighted by atomic mass is 16.5. The summed E-state index contributed by atoms with van der Waals surface area (Å²) in [6.07, 6.45) is 1.61. The molecule has 0 aromatic carbocycles. The van der Waals surface area contributed by atoms with Crippen molar-refractivity contribution in [3.63, 3.8) is 0 Å². The van der Waals surface area contributed by atoms with Gasteiger partial charge >= 0.3 is 0 Å². The summed E-state index contributed by atoms with van der Waals surface area (Å²) < 4.78 is 10.3. The summed E-state index contributed by atoms with van der Waals surface area (Å²) in [5, 5.41) is 7.36. The van der Waals surface area contributed by atoms with Crippen molar-refractivity contribution in [2.24, 2.45) is 5.73 Å². The molecule has 3 N–H and O–H groups in total. The van der Waals surface area contributed by atoms with Gasteiger partial charge in [0.2, 0.25) is 0 Å². The van der Waals surface area contributed by atoms with Crippen molar-refractivity contribution < 1.29 is 9.47 Å². The molecule has 0 aliphatic carbocycles. The first-order chi connectivity index (χ1) is 9.10. The number of aromatic nitrogens is 1. The second-order valence-corrected chi connectivity index (χ2v) is 4.31. The lowest BCUT2D eigenvalue weighted by Crippen LogP contribution is -2.39. The fraction of sp³-hybridized carbons (Fsp3) is 0.538. The van der Waals surface area contributed by atoms with Gasteiger partial charge in [-0.05, 0) is 19.1 Å². The fourth-order valence-corrected chi connectivity index (χ4v) is 1.80.